The fraction of sp³-hybridized carbons (Fsp3) is 0.793. The van der Waals surface area contributed by atoms with E-state index in [9.17, 15) is 23.4 Å². The quantitative estimate of drug-likeness (QED) is 0.482. The number of aliphatic hydroxyl groups excluding tert-OH is 2. The van der Waals surface area contributed by atoms with Crippen molar-refractivity contribution in [3.8, 4) is 0 Å². The molecule has 0 amide bonds. The topological polar surface area (TPSA) is 43.7 Å². The number of rotatable bonds is 4. The lowest BCUT2D eigenvalue weighted by Crippen LogP contribution is -2.44. The largest absolute Gasteiger partial charge is 0.392 e. The van der Waals surface area contributed by atoms with Gasteiger partial charge in [0.2, 0.25) is 0 Å². The first kappa shape index (κ1) is 26.9. The molecule has 1 aliphatic heterocycles. The smallest absolute Gasteiger partial charge is 0.391 e. The standard InChI is InChI=1S/C29H44F3NO2/c1-18(17-33-14-11-23(12-15-33)29(30,31)32)24-9-10-25-21(6-5-13-28(24,25)4)7-8-22-16-26(34)20(3)27(35)19(22)2/h7-8,18,20,23-27,34-35H,2,5-6,9-17H2,1,3-4H3/b21-7+,22-8-/t18-,20?,24-,25+,26?,27?,28-/m1/s1. The third-order valence-corrected chi connectivity index (χ3v) is 10.1. The molecule has 2 N–H and O–H groups in total. The third-order valence-electron chi connectivity index (χ3n) is 10.1. The van der Waals surface area contributed by atoms with E-state index >= 15 is 0 Å². The number of piperidine rings is 1. The summed E-state index contributed by atoms with van der Waals surface area (Å²) in [6.45, 7) is 12.7. The maximum Gasteiger partial charge on any atom is 0.391 e. The molecule has 4 rings (SSSR count). The molecule has 0 spiro atoms. The molecule has 6 heteroatoms. The van der Waals surface area contributed by atoms with Crippen molar-refractivity contribution in [3.63, 3.8) is 0 Å². The number of aliphatic hydroxyl groups is 2. The van der Waals surface area contributed by atoms with Gasteiger partial charge in [-0.3, -0.25) is 0 Å². The molecule has 4 fully saturated rings. The Morgan fingerprint density at radius 1 is 1.14 bits per heavy atom. The van der Waals surface area contributed by atoms with Crippen LogP contribution >= 0.6 is 0 Å². The Morgan fingerprint density at radius 2 is 1.83 bits per heavy atom. The molecule has 3 nitrogen and oxygen atoms in total. The Morgan fingerprint density at radius 3 is 2.49 bits per heavy atom. The summed E-state index contributed by atoms with van der Waals surface area (Å²) in [6.07, 6.45) is 5.83. The van der Waals surface area contributed by atoms with Gasteiger partial charge in [-0.25, -0.2) is 0 Å². The van der Waals surface area contributed by atoms with Crippen molar-refractivity contribution in [1.29, 1.82) is 0 Å². The first-order valence-corrected chi connectivity index (χ1v) is 13.7. The van der Waals surface area contributed by atoms with Crippen molar-refractivity contribution in [1.82, 2.24) is 4.90 Å². The number of nitrogens with zero attached hydrogens (tertiary/aromatic N) is 1. The van der Waals surface area contributed by atoms with Crippen molar-refractivity contribution in [3.05, 3.63) is 35.5 Å². The molecule has 198 valence electrons. The monoisotopic (exact) mass is 495 g/mol. The van der Waals surface area contributed by atoms with E-state index in [1.165, 1.54) is 24.8 Å². The van der Waals surface area contributed by atoms with Gasteiger partial charge in [-0.1, -0.05) is 45.1 Å². The summed E-state index contributed by atoms with van der Waals surface area (Å²) in [6, 6.07) is 0. The Hall–Kier alpha value is -1.11. The highest BCUT2D eigenvalue weighted by Crippen LogP contribution is 2.59. The van der Waals surface area contributed by atoms with Crippen LogP contribution in [0.3, 0.4) is 0 Å². The van der Waals surface area contributed by atoms with Crippen LogP contribution in [0.15, 0.2) is 35.5 Å². The molecule has 0 aromatic heterocycles. The fourth-order valence-corrected chi connectivity index (χ4v) is 7.83. The highest BCUT2D eigenvalue weighted by atomic mass is 19.4. The van der Waals surface area contributed by atoms with E-state index in [1.54, 1.807) is 0 Å². The van der Waals surface area contributed by atoms with E-state index in [0.717, 1.165) is 30.5 Å². The van der Waals surface area contributed by atoms with Gasteiger partial charge < -0.3 is 15.1 Å². The highest BCUT2D eigenvalue weighted by Gasteiger charge is 2.51. The van der Waals surface area contributed by atoms with E-state index in [0.29, 0.717) is 37.3 Å². The van der Waals surface area contributed by atoms with Crippen LogP contribution in [-0.4, -0.2) is 53.1 Å². The van der Waals surface area contributed by atoms with Crippen LogP contribution in [0.1, 0.15) is 72.1 Å². The van der Waals surface area contributed by atoms with Crippen LogP contribution in [0, 0.1) is 35.0 Å². The fourth-order valence-electron chi connectivity index (χ4n) is 7.83. The minimum absolute atomic E-state index is 0.193. The van der Waals surface area contributed by atoms with Gasteiger partial charge in [-0.2, -0.15) is 13.2 Å². The molecule has 3 unspecified atom stereocenters. The second-order valence-electron chi connectivity index (χ2n) is 12.2. The summed E-state index contributed by atoms with van der Waals surface area (Å²) in [5, 5.41) is 20.7. The van der Waals surface area contributed by atoms with Gasteiger partial charge in [-0.05, 0) is 98.8 Å². The van der Waals surface area contributed by atoms with Crippen LogP contribution in [0.5, 0.6) is 0 Å². The first-order valence-electron chi connectivity index (χ1n) is 13.7. The van der Waals surface area contributed by atoms with Gasteiger partial charge >= 0.3 is 6.18 Å². The molecule has 1 saturated heterocycles. The van der Waals surface area contributed by atoms with Gasteiger partial charge in [0.1, 0.15) is 0 Å². The van der Waals surface area contributed by atoms with Crippen molar-refractivity contribution in [2.45, 2.75) is 90.5 Å². The predicted octanol–water partition coefficient (Wildman–Crippen LogP) is 6.28. The molecule has 0 bridgehead atoms. The number of hydrogen-bond acceptors (Lipinski definition) is 3. The zero-order valence-corrected chi connectivity index (χ0v) is 21.7. The summed E-state index contributed by atoms with van der Waals surface area (Å²) in [4.78, 5) is 2.26. The van der Waals surface area contributed by atoms with E-state index < -0.39 is 24.3 Å². The molecular weight excluding hydrogens is 451 g/mol. The SMILES string of the molecule is C=C1/C(=C\C=C2/CCC[C@]3(C)[C@@H]([C@H](C)CN4CCC(C(F)(F)F)CC4)CC[C@@H]23)CC(O)C(C)C1O. The predicted molar refractivity (Wildman–Crippen MR) is 134 cm³/mol. The Balaban J connectivity index is 1.41. The number of hydrogen-bond donors (Lipinski definition) is 2. The molecule has 4 aliphatic rings. The van der Waals surface area contributed by atoms with Crippen molar-refractivity contribution in [2.75, 3.05) is 19.6 Å². The number of alkyl halides is 3. The van der Waals surface area contributed by atoms with Gasteiger partial charge in [0, 0.05) is 12.5 Å². The van der Waals surface area contributed by atoms with Gasteiger partial charge in [0.25, 0.3) is 0 Å². The highest BCUT2D eigenvalue weighted by molar-refractivity contribution is 5.39. The molecule has 7 atom stereocenters. The number of likely N-dealkylation sites (tertiary alicyclic amines) is 1. The normalized spacial score (nSPS) is 40.9. The van der Waals surface area contributed by atoms with E-state index in [1.807, 2.05) is 6.92 Å². The van der Waals surface area contributed by atoms with Crippen LogP contribution in [-0.2, 0) is 0 Å². The maximum absolute atomic E-state index is 13.1. The minimum atomic E-state index is -4.05. The third kappa shape index (κ3) is 5.45. The van der Waals surface area contributed by atoms with Gasteiger partial charge in [0.05, 0.1) is 18.1 Å². The Labute approximate surface area is 209 Å². The van der Waals surface area contributed by atoms with Crippen LogP contribution in [0.25, 0.3) is 0 Å². The molecule has 3 aliphatic carbocycles. The number of fused-ring (bicyclic) bond motifs is 1. The number of allylic oxidation sites excluding steroid dienone is 3. The van der Waals surface area contributed by atoms with Gasteiger partial charge in [-0.15, -0.1) is 0 Å². The van der Waals surface area contributed by atoms with Crippen molar-refractivity contribution < 1.29 is 23.4 Å². The molecule has 0 aromatic carbocycles. The summed E-state index contributed by atoms with van der Waals surface area (Å²) >= 11 is 0. The average Bonchev–Trinajstić information content (AvgIpc) is 3.16. The van der Waals surface area contributed by atoms with Crippen LogP contribution in [0.4, 0.5) is 13.2 Å². The van der Waals surface area contributed by atoms with Crippen molar-refractivity contribution in [2.24, 2.45) is 35.0 Å². The van der Waals surface area contributed by atoms with Crippen molar-refractivity contribution >= 4 is 0 Å². The lowest BCUT2D eigenvalue weighted by Gasteiger charge is -2.45. The summed E-state index contributed by atoms with van der Waals surface area (Å²) in [5.41, 5.74) is 3.38. The van der Waals surface area contributed by atoms with Gasteiger partial charge in [0.15, 0.2) is 0 Å². The van der Waals surface area contributed by atoms with E-state index in [-0.39, 0.29) is 24.2 Å². The lowest BCUT2D eigenvalue weighted by molar-refractivity contribution is -0.185. The molecule has 0 aromatic rings. The average molecular weight is 496 g/mol. The zero-order valence-electron chi connectivity index (χ0n) is 21.7. The summed E-state index contributed by atoms with van der Waals surface area (Å²) in [5.74, 6) is 0.255. The molecule has 3 saturated carbocycles. The molecule has 1 heterocycles. The van der Waals surface area contributed by atoms with Crippen LogP contribution < -0.4 is 0 Å². The molecular formula is C29H44F3NO2. The van der Waals surface area contributed by atoms with Crippen LogP contribution in [0.2, 0.25) is 0 Å². The lowest BCUT2D eigenvalue weighted by atomic mass is 9.61. The summed E-state index contributed by atoms with van der Waals surface area (Å²) < 4.78 is 39.2. The molecule has 35 heavy (non-hydrogen) atoms. The number of halogens is 3. The van der Waals surface area contributed by atoms with E-state index in [2.05, 4.69) is 37.5 Å². The van der Waals surface area contributed by atoms with E-state index in [4.69, 9.17) is 0 Å². The second kappa shape index (κ2) is 10.3. The zero-order chi connectivity index (χ0) is 25.5. The summed E-state index contributed by atoms with van der Waals surface area (Å²) in [7, 11) is 0. The molecule has 0 radical (unpaired) electrons. The Kier molecular flexibility index (Phi) is 7.95. The maximum atomic E-state index is 13.1. The Bertz CT molecular complexity index is 841. The minimum Gasteiger partial charge on any atom is -0.392 e. The first-order chi connectivity index (χ1) is 16.4. The second-order valence-corrected chi connectivity index (χ2v) is 12.2.